The molecule has 28 heavy (non-hydrogen) atoms. The monoisotopic (exact) mass is 429 g/mol. The van der Waals surface area contributed by atoms with Gasteiger partial charge in [-0.1, -0.05) is 12.8 Å². The zero-order valence-corrected chi connectivity index (χ0v) is 17.1. The normalized spacial score (nSPS) is 23.3. The Balaban J connectivity index is 1.45. The fourth-order valence-electron chi connectivity index (χ4n) is 3.96. The van der Waals surface area contributed by atoms with E-state index in [1.807, 2.05) is 0 Å². The van der Waals surface area contributed by atoms with Gasteiger partial charge in [0.2, 0.25) is 5.28 Å². The molecule has 0 amide bonds. The van der Waals surface area contributed by atoms with Crippen LogP contribution in [0.4, 0.5) is 5.82 Å². The molecule has 0 spiro atoms. The van der Waals surface area contributed by atoms with Crippen LogP contribution in [-0.4, -0.2) is 55.1 Å². The second kappa shape index (κ2) is 9.15. The van der Waals surface area contributed by atoms with Crippen molar-refractivity contribution in [2.75, 3.05) is 24.8 Å². The summed E-state index contributed by atoms with van der Waals surface area (Å²) in [5.74, 6) is 1.39. The van der Waals surface area contributed by atoms with Crippen LogP contribution in [-0.2, 0) is 9.47 Å². The summed E-state index contributed by atoms with van der Waals surface area (Å²) >= 11 is 6.17. The van der Waals surface area contributed by atoms with Crippen molar-refractivity contribution < 1.29 is 19.3 Å². The van der Waals surface area contributed by atoms with Crippen molar-refractivity contribution in [3.63, 3.8) is 0 Å². The van der Waals surface area contributed by atoms with Crippen molar-refractivity contribution in [1.29, 1.82) is 0 Å². The van der Waals surface area contributed by atoms with Gasteiger partial charge in [-0.25, -0.2) is 4.68 Å². The fourth-order valence-corrected chi connectivity index (χ4v) is 4.39. The molecule has 3 N–H and O–H groups in total. The lowest BCUT2D eigenvalue weighted by Crippen LogP contribution is -2.18. The van der Waals surface area contributed by atoms with Gasteiger partial charge in [-0.2, -0.15) is 15.1 Å². The molecule has 0 bridgehead atoms. The zero-order chi connectivity index (χ0) is 19.5. The summed E-state index contributed by atoms with van der Waals surface area (Å²) in [7, 11) is -2.04. The molecular formula is C17H25ClN5O4P. The van der Waals surface area contributed by atoms with Gasteiger partial charge in [0.15, 0.2) is 20.3 Å². The average Bonchev–Trinajstić information content (AvgIpc) is 3.39. The second-order valence-electron chi connectivity index (χ2n) is 7.36. The molecule has 11 heteroatoms. The van der Waals surface area contributed by atoms with Crippen molar-refractivity contribution in [1.82, 2.24) is 19.7 Å². The largest absolute Gasteiger partial charge is 0.369 e. The van der Waals surface area contributed by atoms with Gasteiger partial charge in [-0.05, 0) is 43.2 Å². The van der Waals surface area contributed by atoms with Gasteiger partial charge in [0.25, 0.3) is 0 Å². The molecule has 1 saturated carbocycles. The molecule has 2 atom stereocenters. The fraction of sp³-hybridized carbons (Fsp3) is 0.706. The Labute approximate surface area is 169 Å². The topological polar surface area (TPSA) is 115 Å². The molecule has 1 aliphatic heterocycles. The quantitative estimate of drug-likeness (QED) is 0.433. The number of nitrogens with one attached hydrogen (secondary N) is 1. The van der Waals surface area contributed by atoms with Gasteiger partial charge < -0.3 is 24.6 Å². The highest BCUT2D eigenvalue weighted by molar-refractivity contribution is 7.44. The van der Waals surface area contributed by atoms with Crippen LogP contribution in [0.5, 0.6) is 0 Å². The van der Waals surface area contributed by atoms with Crippen molar-refractivity contribution in [3.05, 3.63) is 11.5 Å². The van der Waals surface area contributed by atoms with E-state index >= 15 is 0 Å². The Hall–Kier alpha value is -1.09. The highest BCUT2D eigenvalue weighted by atomic mass is 35.5. The molecule has 2 aromatic heterocycles. The molecule has 2 fully saturated rings. The van der Waals surface area contributed by atoms with E-state index in [0.717, 1.165) is 24.8 Å². The average molecular weight is 430 g/mol. The standard InChI is InChI=1S/C17H25ClN5O4P/c18-17-21-15(19-7-11-3-1-2-4-11)13-8-20-23(16(13)22-17)14-6-5-12(27-14)9-26-10-28(24)25/h8,11-12,14,24-25H,1-7,9-10H2,(H,19,21,22). The Kier molecular flexibility index (Phi) is 6.60. The maximum atomic E-state index is 8.92. The molecule has 3 heterocycles. The molecule has 1 saturated heterocycles. The van der Waals surface area contributed by atoms with Crippen LogP contribution in [0.25, 0.3) is 11.0 Å². The first kappa shape index (κ1) is 20.2. The van der Waals surface area contributed by atoms with Crippen LogP contribution in [0.15, 0.2) is 6.20 Å². The van der Waals surface area contributed by atoms with E-state index in [1.165, 1.54) is 25.7 Å². The molecule has 0 aromatic carbocycles. The van der Waals surface area contributed by atoms with Crippen LogP contribution in [0, 0.1) is 5.92 Å². The molecular weight excluding hydrogens is 405 g/mol. The summed E-state index contributed by atoms with van der Waals surface area (Å²) < 4.78 is 13.0. The van der Waals surface area contributed by atoms with E-state index in [1.54, 1.807) is 10.9 Å². The van der Waals surface area contributed by atoms with Crippen molar-refractivity contribution >= 4 is 36.8 Å². The number of hydrogen-bond acceptors (Lipinski definition) is 8. The molecule has 0 radical (unpaired) electrons. The highest BCUT2D eigenvalue weighted by Gasteiger charge is 2.29. The third-order valence-corrected chi connectivity index (χ3v) is 5.91. The molecule has 2 unspecified atom stereocenters. The van der Waals surface area contributed by atoms with E-state index in [0.29, 0.717) is 24.0 Å². The minimum absolute atomic E-state index is 0.0661. The van der Waals surface area contributed by atoms with Crippen LogP contribution in [0.3, 0.4) is 0 Å². The Morgan fingerprint density at radius 3 is 2.86 bits per heavy atom. The molecule has 154 valence electrons. The molecule has 4 rings (SSSR count). The van der Waals surface area contributed by atoms with Gasteiger partial charge in [-0.3, -0.25) is 0 Å². The van der Waals surface area contributed by atoms with E-state index in [9.17, 15) is 0 Å². The maximum absolute atomic E-state index is 8.92. The molecule has 1 aliphatic carbocycles. The zero-order valence-electron chi connectivity index (χ0n) is 15.5. The van der Waals surface area contributed by atoms with Crippen molar-refractivity contribution in [2.45, 2.75) is 50.9 Å². The number of hydrogen-bond donors (Lipinski definition) is 3. The van der Waals surface area contributed by atoms with E-state index in [4.69, 9.17) is 30.9 Å². The minimum atomic E-state index is -2.04. The summed E-state index contributed by atoms with van der Waals surface area (Å²) in [5, 5.41) is 8.91. The summed E-state index contributed by atoms with van der Waals surface area (Å²) in [6, 6.07) is 0. The lowest BCUT2D eigenvalue weighted by Gasteiger charge is -2.15. The lowest BCUT2D eigenvalue weighted by atomic mass is 10.1. The summed E-state index contributed by atoms with van der Waals surface area (Å²) in [6.07, 6.45) is 7.98. The van der Waals surface area contributed by atoms with Gasteiger partial charge in [0.1, 0.15) is 12.2 Å². The van der Waals surface area contributed by atoms with Crippen LogP contribution in [0.2, 0.25) is 5.28 Å². The minimum Gasteiger partial charge on any atom is -0.369 e. The molecule has 9 nitrogen and oxygen atoms in total. The third-order valence-electron chi connectivity index (χ3n) is 5.33. The van der Waals surface area contributed by atoms with Crippen molar-refractivity contribution in [2.24, 2.45) is 5.92 Å². The number of rotatable bonds is 8. The number of aromatic nitrogens is 4. The molecule has 2 aliphatic rings. The Morgan fingerprint density at radius 2 is 2.07 bits per heavy atom. The Morgan fingerprint density at radius 1 is 1.25 bits per heavy atom. The summed E-state index contributed by atoms with van der Waals surface area (Å²) in [5.41, 5.74) is 0.648. The van der Waals surface area contributed by atoms with E-state index < -0.39 is 8.38 Å². The highest BCUT2D eigenvalue weighted by Crippen LogP contribution is 2.33. The van der Waals surface area contributed by atoms with Crippen LogP contribution >= 0.6 is 20.0 Å². The lowest BCUT2D eigenvalue weighted by molar-refractivity contribution is -0.0384. The number of ether oxygens (including phenoxy) is 2. The van der Waals surface area contributed by atoms with Gasteiger partial charge in [0, 0.05) is 6.54 Å². The van der Waals surface area contributed by atoms with Gasteiger partial charge >= 0.3 is 0 Å². The van der Waals surface area contributed by atoms with Gasteiger partial charge in [-0.15, -0.1) is 0 Å². The first-order valence-electron chi connectivity index (χ1n) is 9.63. The number of fused-ring (bicyclic) bond motifs is 1. The predicted octanol–water partition coefficient (Wildman–Crippen LogP) is 3.03. The van der Waals surface area contributed by atoms with E-state index in [-0.39, 0.29) is 24.0 Å². The second-order valence-corrected chi connectivity index (χ2v) is 8.70. The smallest absolute Gasteiger partial charge is 0.226 e. The Bertz CT molecular complexity index is 801. The predicted molar refractivity (Wildman–Crippen MR) is 106 cm³/mol. The third kappa shape index (κ3) is 4.72. The summed E-state index contributed by atoms with van der Waals surface area (Å²) in [4.78, 5) is 26.6. The van der Waals surface area contributed by atoms with Crippen molar-refractivity contribution in [3.8, 4) is 0 Å². The number of nitrogens with zero attached hydrogens (tertiary/aromatic N) is 4. The summed E-state index contributed by atoms with van der Waals surface area (Å²) in [6.45, 7) is 1.20. The first-order valence-corrected chi connectivity index (χ1v) is 11.4. The van der Waals surface area contributed by atoms with E-state index in [2.05, 4.69) is 20.4 Å². The van der Waals surface area contributed by atoms with Crippen LogP contribution in [0.1, 0.15) is 44.8 Å². The number of halogens is 1. The maximum Gasteiger partial charge on any atom is 0.226 e. The van der Waals surface area contributed by atoms with Gasteiger partial charge in [0.05, 0.1) is 24.3 Å². The number of anilines is 1. The SMILES string of the molecule is OP(O)COCC1CCC(n2ncc3c(NCC4CCCC4)nc(Cl)nc32)O1. The van der Waals surface area contributed by atoms with Crippen LogP contribution < -0.4 is 5.32 Å². The molecule has 2 aromatic rings. The first-order chi connectivity index (χ1) is 13.6.